The highest BCUT2D eigenvalue weighted by Gasteiger charge is 2.51. The van der Waals surface area contributed by atoms with Crippen LogP contribution < -0.4 is 4.90 Å². The lowest BCUT2D eigenvalue weighted by molar-refractivity contribution is 0.794. The van der Waals surface area contributed by atoms with E-state index in [1.165, 1.54) is 77.9 Å². The van der Waals surface area contributed by atoms with Crippen LogP contribution >= 0.6 is 0 Å². The standard InChI is InChI=1S/C55H37N/c1-4-14-38(15-5-1)40-24-26-42(27-25-40)43-30-34-49-50-35-33-46(56(44-18-8-3-9-19-44)45-31-28-41(29-32-45)39-16-6-2-7-17-39)37-54(50)55(53(49)36-43)51-22-12-10-20-47(51)48-21-11-13-23-52(48)55/h1-37H. The Balaban J connectivity index is 1.11. The predicted molar refractivity (Wildman–Crippen MR) is 234 cm³/mol. The first kappa shape index (κ1) is 32.2. The molecule has 0 fully saturated rings. The molecule has 0 saturated heterocycles. The van der Waals surface area contributed by atoms with Crippen LogP contribution in [0.1, 0.15) is 22.3 Å². The van der Waals surface area contributed by atoms with Gasteiger partial charge in [0, 0.05) is 17.1 Å². The molecule has 1 spiro atoms. The average molecular weight is 712 g/mol. The van der Waals surface area contributed by atoms with Gasteiger partial charge in [0.05, 0.1) is 5.41 Å². The average Bonchev–Trinajstić information content (AvgIpc) is 3.74. The number of hydrogen-bond donors (Lipinski definition) is 0. The molecule has 2 aliphatic carbocycles. The molecule has 0 saturated carbocycles. The minimum Gasteiger partial charge on any atom is -0.310 e. The van der Waals surface area contributed by atoms with E-state index in [9.17, 15) is 0 Å². The second-order valence-corrected chi connectivity index (χ2v) is 14.9. The van der Waals surface area contributed by atoms with Crippen molar-refractivity contribution in [2.75, 3.05) is 4.90 Å². The van der Waals surface area contributed by atoms with Crippen LogP contribution in [0.5, 0.6) is 0 Å². The van der Waals surface area contributed by atoms with Crippen molar-refractivity contribution in [2.45, 2.75) is 5.41 Å². The Kier molecular flexibility index (Phi) is 7.47. The summed E-state index contributed by atoms with van der Waals surface area (Å²) >= 11 is 0. The minimum atomic E-state index is -0.479. The summed E-state index contributed by atoms with van der Waals surface area (Å²) in [6.07, 6.45) is 0. The number of fused-ring (bicyclic) bond motifs is 10. The number of anilines is 3. The summed E-state index contributed by atoms with van der Waals surface area (Å²) in [6, 6.07) is 82.4. The van der Waals surface area contributed by atoms with Crippen molar-refractivity contribution in [2.24, 2.45) is 0 Å². The van der Waals surface area contributed by atoms with Gasteiger partial charge in [-0.3, -0.25) is 0 Å². The summed E-state index contributed by atoms with van der Waals surface area (Å²) in [5.74, 6) is 0. The van der Waals surface area contributed by atoms with E-state index in [-0.39, 0.29) is 0 Å². The van der Waals surface area contributed by atoms with Crippen molar-refractivity contribution in [1.29, 1.82) is 0 Å². The fraction of sp³-hybridized carbons (Fsp3) is 0.0182. The van der Waals surface area contributed by atoms with Crippen molar-refractivity contribution >= 4 is 17.1 Å². The lowest BCUT2D eigenvalue weighted by Gasteiger charge is -2.32. The number of benzene rings is 9. The van der Waals surface area contributed by atoms with Gasteiger partial charge in [0.25, 0.3) is 0 Å². The van der Waals surface area contributed by atoms with E-state index >= 15 is 0 Å². The topological polar surface area (TPSA) is 3.24 Å². The predicted octanol–water partition coefficient (Wildman–Crippen LogP) is 14.5. The van der Waals surface area contributed by atoms with E-state index in [0.29, 0.717) is 0 Å². The second-order valence-electron chi connectivity index (χ2n) is 14.9. The van der Waals surface area contributed by atoms with Gasteiger partial charge in [-0.1, -0.05) is 182 Å². The summed E-state index contributed by atoms with van der Waals surface area (Å²) in [5, 5.41) is 0. The van der Waals surface area contributed by atoms with Crippen LogP contribution in [0.4, 0.5) is 17.1 Å². The molecule has 0 aliphatic heterocycles. The molecule has 0 radical (unpaired) electrons. The molecule has 262 valence electrons. The van der Waals surface area contributed by atoms with E-state index in [1.807, 2.05) is 0 Å². The van der Waals surface area contributed by atoms with Gasteiger partial charge in [-0.05, 0) is 120 Å². The summed E-state index contributed by atoms with van der Waals surface area (Å²) in [4.78, 5) is 2.40. The van der Waals surface area contributed by atoms with E-state index in [0.717, 1.165) is 17.1 Å². The molecule has 0 heterocycles. The molecule has 0 bridgehead atoms. The summed E-state index contributed by atoms with van der Waals surface area (Å²) < 4.78 is 0. The third-order valence-corrected chi connectivity index (χ3v) is 11.9. The molecular formula is C55H37N. The van der Waals surface area contributed by atoms with Crippen LogP contribution in [0.15, 0.2) is 224 Å². The molecule has 1 heteroatoms. The normalized spacial score (nSPS) is 12.8. The Morgan fingerprint density at radius 3 is 1.16 bits per heavy atom. The molecule has 1 nitrogen and oxygen atoms in total. The largest absolute Gasteiger partial charge is 0.310 e. The molecule has 56 heavy (non-hydrogen) atoms. The highest BCUT2D eigenvalue weighted by Crippen LogP contribution is 2.63. The van der Waals surface area contributed by atoms with Gasteiger partial charge in [-0.15, -0.1) is 0 Å². The monoisotopic (exact) mass is 711 g/mol. The summed E-state index contributed by atoms with van der Waals surface area (Å²) in [6.45, 7) is 0. The Labute approximate surface area is 328 Å². The Bertz CT molecular complexity index is 2830. The van der Waals surface area contributed by atoms with Crippen LogP contribution in [0.2, 0.25) is 0 Å². The smallest absolute Gasteiger partial charge is 0.0726 e. The quantitative estimate of drug-likeness (QED) is 0.166. The third-order valence-electron chi connectivity index (χ3n) is 11.9. The number of nitrogens with zero attached hydrogens (tertiary/aromatic N) is 1. The highest BCUT2D eigenvalue weighted by atomic mass is 15.1. The molecule has 9 aromatic rings. The van der Waals surface area contributed by atoms with E-state index in [4.69, 9.17) is 0 Å². The van der Waals surface area contributed by atoms with Crippen LogP contribution in [-0.4, -0.2) is 0 Å². The zero-order chi connectivity index (χ0) is 37.1. The number of hydrogen-bond acceptors (Lipinski definition) is 1. The maximum Gasteiger partial charge on any atom is 0.0726 e. The molecule has 0 amide bonds. The van der Waals surface area contributed by atoms with Crippen molar-refractivity contribution in [3.8, 4) is 55.6 Å². The first-order valence-electron chi connectivity index (χ1n) is 19.4. The Morgan fingerprint density at radius 1 is 0.232 bits per heavy atom. The van der Waals surface area contributed by atoms with Gasteiger partial charge in [0.1, 0.15) is 0 Å². The lowest BCUT2D eigenvalue weighted by Crippen LogP contribution is -2.26. The summed E-state index contributed by atoms with van der Waals surface area (Å²) in [7, 11) is 0. The van der Waals surface area contributed by atoms with Crippen molar-refractivity contribution in [3.05, 3.63) is 247 Å². The first-order chi connectivity index (χ1) is 27.8. The molecule has 0 unspecified atom stereocenters. The SMILES string of the molecule is c1ccc(-c2ccc(-c3ccc4c(c3)C3(c5ccccc5-c5ccccc53)c3cc(N(c5ccccc5)c5ccc(-c6ccccc6)cc5)ccc3-4)cc2)cc1. The minimum absolute atomic E-state index is 0.479. The van der Waals surface area contributed by atoms with Crippen LogP contribution in [0, 0.1) is 0 Å². The van der Waals surface area contributed by atoms with Crippen molar-refractivity contribution < 1.29 is 0 Å². The Hall–Kier alpha value is -7.22. The fourth-order valence-corrected chi connectivity index (χ4v) is 9.39. The van der Waals surface area contributed by atoms with Gasteiger partial charge in [-0.25, -0.2) is 0 Å². The first-order valence-corrected chi connectivity index (χ1v) is 19.4. The molecule has 2 aliphatic rings. The van der Waals surface area contributed by atoms with E-state index in [2.05, 4.69) is 229 Å². The third kappa shape index (κ3) is 4.95. The van der Waals surface area contributed by atoms with Gasteiger partial charge in [0.2, 0.25) is 0 Å². The van der Waals surface area contributed by atoms with Gasteiger partial charge >= 0.3 is 0 Å². The molecule has 0 N–H and O–H groups in total. The Morgan fingerprint density at radius 2 is 0.589 bits per heavy atom. The molecule has 11 rings (SSSR count). The van der Waals surface area contributed by atoms with E-state index < -0.39 is 5.41 Å². The number of para-hydroxylation sites is 1. The van der Waals surface area contributed by atoms with E-state index in [1.54, 1.807) is 0 Å². The maximum atomic E-state index is 2.47. The van der Waals surface area contributed by atoms with Gasteiger partial charge < -0.3 is 4.90 Å². The highest BCUT2D eigenvalue weighted by molar-refractivity contribution is 5.97. The van der Waals surface area contributed by atoms with Crippen molar-refractivity contribution in [3.63, 3.8) is 0 Å². The zero-order valence-corrected chi connectivity index (χ0v) is 30.8. The maximum absolute atomic E-state index is 2.47. The van der Waals surface area contributed by atoms with Gasteiger partial charge in [-0.2, -0.15) is 0 Å². The lowest BCUT2D eigenvalue weighted by atomic mass is 9.70. The fourth-order valence-electron chi connectivity index (χ4n) is 9.39. The number of rotatable bonds is 6. The second kappa shape index (κ2) is 13.0. The van der Waals surface area contributed by atoms with Crippen molar-refractivity contribution in [1.82, 2.24) is 0 Å². The molecular weight excluding hydrogens is 675 g/mol. The molecule has 0 aromatic heterocycles. The summed E-state index contributed by atoms with van der Waals surface area (Å²) in [5.41, 5.74) is 20.7. The van der Waals surface area contributed by atoms with Crippen LogP contribution in [-0.2, 0) is 5.41 Å². The van der Waals surface area contributed by atoms with Crippen LogP contribution in [0.25, 0.3) is 55.6 Å². The molecule has 0 atom stereocenters. The molecule has 9 aromatic carbocycles. The van der Waals surface area contributed by atoms with Gasteiger partial charge in [0.15, 0.2) is 0 Å². The van der Waals surface area contributed by atoms with Crippen LogP contribution in [0.3, 0.4) is 0 Å². The zero-order valence-electron chi connectivity index (χ0n) is 30.8.